The summed E-state index contributed by atoms with van der Waals surface area (Å²) in [5, 5.41) is 6.26. The molecule has 3 aromatic rings. The topological polar surface area (TPSA) is 81.8 Å². The molecule has 0 aliphatic carbocycles. The van der Waals surface area contributed by atoms with Crippen molar-refractivity contribution in [2.24, 2.45) is 0 Å². The minimum absolute atomic E-state index is 0.251. The number of alkyl halides is 3. The van der Waals surface area contributed by atoms with E-state index in [0.717, 1.165) is 18.7 Å². The Morgan fingerprint density at radius 3 is 2.30 bits per heavy atom. The molecule has 30 heavy (non-hydrogen) atoms. The smallest absolute Gasteiger partial charge is 0.367 e. The third-order valence-corrected chi connectivity index (χ3v) is 4.74. The Balaban J connectivity index is 1.76. The first kappa shape index (κ1) is 21.8. The van der Waals surface area contributed by atoms with Gasteiger partial charge in [0.25, 0.3) is 0 Å². The van der Waals surface area contributed by atoms with Crippen molar-refractivity contribution in [3.63, 3.8) is 0 Å². The van der Waals surface area contributed by atoms with Gasteiger partial charge in [0.1, 0.15) is 5.52 Å². The van der Waals surface area contributed by atoms with Gasteiger partial charge in [-0.1, -0.05) is 0 Å². The molecule has 0 aliphatic heterocycles. The van der Waals surface area contributed by atoms with Gasteiger partial charge in [-0.05, 0) is 52.0 Å². The summed E-state index contributed by atoms with van der Waals surface area (Å²) in [7, 11) is 0. The van der Waals surface area contributed by atoms with Gasteiger partial charge in [-0.25, -0.2) is 4.98 Å². The van der Waals surface area contributed by atoms with E-state index in [0.29, 0.717) is 41.3 Å². The maximum Gasteiger partial charge on any atom is 0.416 e. The average Bonchev–Trinajstić information content (AvgIpc) is 3.13. The SMILES string of the molecule is CC(C)N(CCNc1nc(Nc2ccc(C(F)(F)F)cc2)nc2nc[nH]c12)C(C)C. The van der Waals surface area contributed by atoms with Crippen molar-refractivity contribution in [1.29, 1.82) is 0 Å². The predicted octanol–water partition coefficient (Wildman–Crippen LogP) is 4.65. The van der Waals surface area contributed by atoms with Gasteiger partial charge in [0.05, 0.1) is 11.9 Å². The fourth-order valence-corrected chi connectivity index (χ4v) is 3.30. The molecule has 2 heterocycles. The number of nitrogens with one attached hydrogen (secondary N) is 3. The lowest BCUT2D eigenvalue weighted by Gasteiger charge is -2.30. The lowest BCUT2D eigenvalue weighted by Crippen LogP contribution is -2.40. The quantitative estimate of drug-likeness (QED) is 0.491. The highest BCUT2D eigenvalue weighted by molar-refractivity contribution is 5.84. The Hall–Kier alpha value is -2.88. The van der Waals surface area contributed by atoms with Crippen molar-refractivity contribution in [1.82, 2.24) is 24.8 Å². The van der Waals surface area contributed by atoms with Gasteiger partial charge in [-0.15, -0.1) is 0 Å². The monoisotopic (exact) mass is 421 g/mol. The van der Waals surface area contributed by atoms with Crippen LogP contribution in [-0.2, 0) is 6.18 Å². The second-order valence-corrected chi connectivity index (χ2v) is 7.55. The fourth-order valence-electron chi connectivity index (χ4n) is 3.30. The van der Waals surface area contributed by atoms with Crippen LogP contribution in [0.5, 0.6) is 0 Å². The number of halogens is 3. The Labute approximate surface area is 173 Å². The highest BCUT2D eigenvalue weighted by Crippen LogP contribution is 2.30. The zero-order valence-electron chi connectivity index (χ0n) is 17.4. The highest BCUT2D eigenvalue weighted by Gasteiger charge is 2.30. The van der Waals surface area contributed by atoms with Crippen molar-refractivity contribution in [2.45, 2.75) is 46.0 Å². The Kier molecular flexibility index (Phi) is 6.45. The normalized spacial score (nSPS) is 12.3. The van der Waals surface area contributed by atoms with Gasteiger partial charge >= 0.3 is 6.18 Å². The Morgan fingerprint density at radius 1 is 1.03 bits per heavy atom. The standard InChI is InChI=1S/C20H26F3N7/c1-12(2)30(13(3)4)10-9-24-17-16-18(26-11-25-16)29-19(28-17)27-15-7-5-14(6-8-15)20(21,22)23/h5-8,11-13H,9-10H2,1-4H3,(H3,24,25,26,27,28,29). The van der Waals surface area contributed by atoms with Crippen LogP contribution in [0, 0.1) is 0 Å². The number of anilines is 3. The number of benzene rings is 1. The summed E-state index contributed by atoms with van der Waals surface area (Å²) in [6.07, 6.45) is -2.85. The molecule has 0 spiro atoms. The number of aromatic amines is 1. The van der Waals surface area contributed by atoms with Crippen molar-refractivity contribution < 1.29 is 13.2 Å². The molecule has 0 saturated heterocycles. The maximum atomic E-state index is 12.7. The molecule has 7 nitrogen and oxygen atoms in total. The largest absolute Gasteiger partial charge is 0.416 e. The average molecular weight is 421 g/mol. The highest BCUT2D eigenvalue weighted by atomic mass is 19.4. The first-order valence-corrected chi connectivity index (χ1v) is 9.80. The van der Waals surface area contributed by atoms with Crippen LogP contribution in [0.1, 0.15) is 33.3 Å². The number of imidazole rings is 1. The number of hydrogen-bond donors (Lipinski definition) is 3. The van der Waals surface area contributed by atoms with Crippen molar-refractivity contribution in [2.75, 3.05) is 23.7 Å². The lowest BCUT2D eigenvalue weighted by molar-refractivity contribution is -0.137. The van der Waals surface area contributed by atoms with Crippen LogP contribution in [0.4, 0.5) is 30.6 Å². The van der Waals surface area contributed by atoms with Crippen molar-refractivity contribution >= 4 is 28.6 Å². The molecule has 0 unspecified atom stereocenters. The summed E-state index contributed by atoms with van der Waals surface area (Å²) in [6.45, 7) is 10.1. The van der Waals surface area contributed by atoms with Crippen LogP contribution in [0.15, 0.2) is 30.6 Å². The summed E-state index contributed by atoms with van der Waals surface area (Å²) in [5.74, 6) is 0.834. The molecular formula is C20H26F3N7. The van der Waals surface area contributed by atoms with Crippen LogP contribution >= 0.6 is 0 Å². The molecule has 0 aliphatic rings. The van der Waals surface area contributed by atoms with Gasteiger partial charge in [0, 0.05) is 30.9 Å². The van der Waals surface area contributed by atoms with E-state index in [1.54, 1.807) is 0 Å². The minimum Gasteiger partial charge on any atom is -0.367 e. The summed E-state index contributed by atoms with van der Waals surface area (Å²) >= 11 is 0. The van der Waals surface area contributed by atoms with Gasteiger partial charge in [-0.3, -0.25) is 4.90 Å². The van der Waals surface area contributed by atoms with Crippen LogP contribution in [-0.4, -0.2) is 50.0 Å². The van der Waals surface area contributed by atoms with Gasteiger partial charge in [-0.2, -0.15) is 23.1 Å². The number of fused-ring (bicyclic) bond motifs is 1. The molecule has 162 valence electrons. The van der Waals surface area contributed by atoms with Gasteiger partial charge < -0.3 is 15.6 Å². The number of hydrogen-bond acceptors (Lipinski definition) is 6. The van der Waals surface area contributed by atoms with Crippen LogP contribution in [0.2, 0.25) is 0 Å². The first-order chi connectivity index (χ1) is 14.1. The van der Waals surface area contributed by atoms with Crippen LogP contribution in [0.25, 0.3) is 11.2 Å². The number of aromatic nitrogens is 4. The molecule has 0 bridgehead atoms. The van der Waals surface area contributed by atoms with E-state index in [-0.39, 0.29) is 5.95 Å². The first-order valence-electron chi connectivity index (χ1n) is 9.80. The van der Waals surface area contributed by atoms with Crippen LogP contribution in [0.3, 0.4) is 0 Å². The third-order valence-electron chi connectivity index (χ3n) is 4.74. The van der Waals surface area contributed by atoms with E-state index in [4.69, 9.17) is 0 Å². The van der Waals surface area contributed by atoms with E-state index in [1.165, 1.54) is 18.5 Å². The third kappa shape index (κ3) is 5.18. The molecule has 2 aromatic heterocycles. The summed E-state index contributed by atoms with van der Waals surface area (Å²) in [6, 6.07) is 5.55. The summed E-state index contributed by atoms with van der Waals surface area (Å²) < 4.78 is 38.2. The van der Waals surface area contributed by atoms with Crippen molar-refractivity contribution in [3.05, 3.63) is 36.2 Å². The van der Waals surface area contributed by atoms with E-state index < -0.39 is 11.7 Å². The van der Waals surface area contributed by atoms with E-state index in [2.05, 4.69) is 63.2 Å². The van der Waals surface area contributed by atoms with E-state index >= 15 is 0 Å². The number of rotatable bonds is 8. The Morgan fingerprint density at radius 2 is 1.70 bits per heavy atom. The number of H-pyrrole nitrogens is 1. The molecule has 0 saturated carbocycles. The van der Waals surface area contributed by atoms with Crippen LogP contribution < -0.4 is 10.6 Å². The molecule has 0 atom stereocenters. The summed E-state index contributed by atoms with van der Waals surface area (Å²) in [4.78, 5) is 18.4. The molecule has 0 fully saturated rings. The maximum absolute atomic E-state index is 12.7. The molecule has 10 heteroatoms. The molecule has 3 rings (SSSR count). The fraction of sp³-hybridized carbons (Fsp3) is 0.450. The molecule has 3 N–H and O–H groups in total. The van der Waals surface area contributed by atoms with E-state index in [9.17, 15) is 13.2 Å². The Bertz CT molecular complexity index is 957. The van der Waals surface area contributed by atoms with Gasteiger partial charge in [0.2, 0.25) is 5.95 Å². The summed E-state index contributed by atoms with van der Waals surface area (Å²) in [5.41, 5.74) is 0.883. The minimum atomic E-state index is -4.38. The van der Waals surface area contributed by atoms with Gasteiger partial charge in [0.15, 0.2) is 11.5 Å². The molecule has 0 radical (unpaired) electrons. The van der Waals surface area contributed by atoms with Crippen molar-refractivity contribution in [3.8, 4) is 0 Å². The molecule has 1 aromatic carbocycles. The molecular weight excluding hydrogens is 395 g/mol. The lowest BCUT2D eigenvalue weighted by atomic mass is 10.2. The second-order valence-electron chi connectivity index (χ2n) is 7.55. The second kappa shape index (κ2) is 8.86. The zero-order valence-corrected chi connectivity index (χ0v) is 17.4. The zero-order chi connectivity index (χ0) is 21.9. The predicted molar refractivity (Wildman–Crippen MR) is 112 cm³/mol. The van der Waals surface area contributed by atoms with E-state index in [1.807, 2.05) is 0 Å². The molecule has 0 amide bonds. The number of nitrogens with zero attached hydrogens (tertiary/aromatic N) is 4.